The Morgan fingerprint density at radius 3 is 1.06 bits per heavy atom. The Morgan fingerprint density at radius 1 is 0.403 bits per heavy atom. The summed E-state index contributed by atoms with van der Waals surface area (Å²) >= 11 is 0. The van der Waals surface area contributed by atoms with Gasteiger partial charge in [-0.2, -0.15) is 0 Å². The molecule has 1 heterocycles. The van der Waals surface area contributed by atoms with E-state index in [1.54, 1.807) is 0 Å². The number of hydrogen-bond donors (Lipinski definition) is 0. The number of rotatable bonds is 7. The Morgan fingerprint density at radius 2 is 0.710 bits per heavy atom. The lowest BCUT2D eigenvalue weighted by atomic mass is 9.87. The van der Waals surface area contributed by atoms with Gasteiger partial charge in [0.25, 0.3) is 0 Å². The van der Waals surface area contributed by atoms with Crippen molar-refractivity contribution in [2.45, 2.75) is 96.9 Å². The summed E-state index contributed by atoms with van der Waals surface area (Å²) in [5.74, 6) is 0. The van der Waals surface area contributed by atoms with E-state index in [9.17, 15) is 0 Å². The van der Waals surface area contributed by atoms with Crippen LogP contribution in [0.3, 0.4) is 0 Å². The molecule has 0 spiro atoms. The zero-order chi connectivity index (χ0) is 44.3. The summed E-state index contributed by atoms with van der Waals surface area (Å²) in [7, 11) is 2.00. The van der Waals surface area contributed by atoms with Crippen LogP contribution in [0, 0.1) is 96.9 Å². The highest BCUT2D eigenvalue weighted by Crippen LogP contribution is 2.44. The molecule has 0 aliphatic carbocycles. The van der Waals surface area contributed by atoms with Crippen LogP contribution in [0.2, 0.25) is 0 Å². The molecule has 8 rings (SSSR count). The Hall–Kier alpha value is -5.59. The summed E-state index contributed by atoms with van der Waals surface area (Å²) in [6.45, 7) is 31.4. The van der Waals surface area contributed by atoms with Crippen molar-refractivity contribution in [1.82, 2.24) is 4.33 Å². The molecular weight excluding hydrogens is 789 g/mol. The molecule has 0 N–H and O–H groups in total. The summed E-state index contributed by atoms with van der Waals surface area (Å²) in [5.41, 5.74) is 31.3. The van der Waals surface area contributed by atoms with E-state index in [-0.39, 0.29) is 0 Å². The number of benzene rings is 7. The highest BCUT2D eigenvalue weighted by molar-refractivity contribution is 7.30. The summed E-state index contributed by atoms with van der Waals surface area (Å²) in [6, 6.07) is 39.1. The third-order valence-electron chi connectivity index (χ3n) is 12.5. The lowest BCUT2D eigenvalue weighted by molar-refractivity contribution is -0.436. The van der Waals surface area contributed by atoms with Gasteiger partial charge in [0.2, 0.25) is 0 Å². The molecule has 0 aliphatic heterocycles. The first-order valence-electron chi connectivity index (χ1n) is 21.8. The molecule has 62 heavy (non-hydrogen) atoms. The highest BCUT2D eigenvalue weighted by atomic mass is 31.1. The van der Waals surface area contributed by atoms with Crippen LogP contribution < -0.4 is 9.31 Å². The fourth-order valence-electron chi connectivity index (χ4n) is 10.4. The monoisotopic (exact) mass is 847 g/mol. The van der Waals surface area contributed by atoms with Gasteiger partial charge in [-0.25, -0.2) is 4.99 Å². The summed E-state index contributed by atoms with van der Waals surface area (Å²) in [6.07, 6.45) is 0. The Kier molecular flexibility index (Phi) is 11.8. The second-order valence-electron chi connectivity index (χ2n) is 17.9. The van der Waals surface area contributed by atoms with Gasteiger partial charge in [-0.05, 0) is 183 Å². The molecule has 1 aromatic heterocycles. The third kappa shape index (κ3) is 7.87. The van der Waals surface area contributed by atoms with Crippen molar-refractivity contribution in [3.05, 3.63) is 186 Å². The van der Waals surface area contributed by atoms with Crippen molar-refractivity contribution in [1.29, 1.82) is 0 Å². The lowest BCUT2D eigenvalue weighted by Gasteiger charge is -2.21. The quantitative estimate of drug-likeness (QED) is 0.152. The van der Waals surface area contributed by atoms with Gasteiger partial charge in [0.1, 0.15) is 19.9 Å². The Bertz CT molecular complexity index is 2910. The fourth-order valence-corrected chi connectivity index (χ4v) is 13.0. The molecule has 0 saturated heterocycles. The normalized spacial score (nSPS) is 12.1. The first kappa shape index (κ1) is 43.1. The van der Waals surface area contributed by atoms with E-state index in [4.69, 9.17) is 4.99 Å². The van der Waals surface area contributed by atoms with E-state index < -0.39 is 0 Å². The average molecular weight is 848 g/mol. The minimum absolute atomic E-state index is 0.998. The number of aryl methyl sites for hydroxylation is 14. The molecular formula is C57H59N3P2. The first-order valence-corrected chi connectivity index (χ1v) is 23.4. The lowest BCUT2D eigenvalue weighted by Crippen LogP contribution is -2.22. The van der Waals surface area contributed by atoms with Gasteiger partial charge in [0.15, 0.2) is 5.22 Å². The maximum Gasteiger partial charge on any atom is 0.180 e. The number of nitrogens with zero attached hydrogens (tertiary/aromatic N) is 3. The van der Waals surface area contributed by atoms with Crippen molar-refractivity contribution in [2.75, 3.05) is 0 Å². The van der Waals surface area contributed by atoms with Crippen LogP contribution >= 0.6 is 16.9 Å². The van der Waals surface area contributed by atoms with E-state index in [1.165, 1.54) is 134 Å². The van der Waals surface area contributed by atoms with Gasteiger partial charge in [0, 0.05) is 22.3 Å². The SMILES string of the molecule is Cc1cc(C)c(-c2cccc(-c3c(C)cc(C)cc3C)c2-n2p[n+](-c3c(-c4c(C)cc(C)cc4C)cccc3-c3c(C)cc(C)cc3C)[p-]c2=Nc2c(C)cccc2C)c(C)c1. The molecule has 8 aromatic rings. The number of aromatic nitrogens is 2. The minimum Gasteiger partial charge on any atom is -0.336 e. The van der Waals surface area contributed by atoms with Gasteiger partial charge in [-0.1, -0.05) is 125 Å². The zero-order valence-electron chi connectivity index (χ0n) is 39.1. The second kappa shape index (κ2) is 16.9. The molecule has 0 fully saturated rings. The van der Waals surface area contributed by atoms with Crippen molar-refractivity contribution in [2.24, 2.45) is 4.99 Å². The van der Waals surface area contributed by atoms with E-state index in [1.807, 2.05) is 0 Å². The van der Waals surface area contributed by atoms with Crippen LogP contribution in [0.15, 0.2) is 108 Å². The molecule has 0 radical (unpaired) electrons. The molecule has 3 nitrogen and oxygen atoms in total. The maximum atomic E-state index is 5.76. The van der Waals surface area contributed by atoms with Crippen molar-refractivity contribution in [3.8, 4) is 55.9 Å². The molecule has 0 aliphatic rings. The standard InChI is InChI=1S/C57H59N3P2/c1-32-24-38(7)50(39(8)25-32)46-20-16-21-47(51-40(9)26-33(2)27-41(51)10)55(46)59-57(58-54-36(5)18-15-19-37(54)6)61-60(62-59)56-48(52-42(11)28-34(3)29-43(52)12)22-17-23-49(56)53-44(13)30-35(4)31-45(53)14/h15-31H,1-14H3. The van der Waals surface area contributed by atoms with Gasteiger partial charge in [-0.15, -0.1) is 0 Å². The topological polar surface area (TPSA) is 21.2 Å². The van der Waals surface area contributed by atoms with Crippen LogP contribution in [0.1, 0.15) is 77.9 Å². The predicted molar refractivity (Wildman–Crippen MR) is 268 cm³/mol. The first-order chi connectivity index (χ1) is 29.5. The highest BCUT2D eigenvalue weighted by Gasteiger charge is 2.26. The molecule has 0 amide bonds. The van der Waals surface area contributed by atoms with Crippen molar-refractivity contribution >= 4 is 22.5 Å². The Labute approximate surface area is 373 Å². The van der Waals surface area contributed by atoms with Crippen LogP contribution in [0.4, 0.5) is 5.69 Å². The summed E-state index contributed by atoms with van der Waals surface area (Å²) in [4.78, 5) is 5.76. The molecule has 0 atom stereocenters. The average Bonchev–Trinajstić information content (AvgIpc) is 3.58. The van der Waals surface area contributed by atoms with Crippen LogP contribution in [0.25, 0.3) is 55.9 Å². The van der Waals surface area contributed by atoms with Gasteiger partial charge in [-0.3, -0.25) is 4.33 Å². The molecule has 7 aromatic carbocycles. The van der Waals surface area contributed by atoms with E-state index in [0.717, 1.165) is 27.8 Å². The Balaban J connectivity index is 1.59. The fraction of sp³-hybridized carbons (Fsp3) is 0.246. The predicted octanol–water partition coefficient (Wildman–Crippen LogP) is 15.9. The molecule has 0 saturated carbocycles. The zero-order valence-corrected chi connectivity index (χ0v) is 40.8. The largest absolute Gasteiger partial charge is 0.336 e. The van der Waals surface area contributed by atoms with Crippen LogP contribution in [-0.4, -0.2) is 4.33 Å². The molecule has 5 heteroatoms. The van der Waals surface area contributed by atoms with E-state index >= 15 is 0 Å². The minimum atomic E-state index is 0.998. The summed E-state index contributed by atoms with van der Waals surface area (Å²) in [5, 5.41) is 0.998. The summed E-state index contributed by atoms with van der Waals surface area (Å²) < 4.78 is 5.10. The van der Waals surface area contributed by atoms with Gasteiger partial charge >= 0.3 is 0 Å². The third-order valence-corrected chi connectivity index (χ3v) is 14.9. The van der Waals surface area contributed by atoms with Crippen molar-refractivity contribution < 1.29 is 4.09 Å². The molecule has 0 bridgehead atoms. The molecule has 312 valence electrons. The molecule has 0 unspecified atom stereocenters. The van der Waals surface area contributed by atoms with E-state index in [0.29, 0.717) is 0 Å². The van der Waals surface area contributed by atoms with Crippen LogP contribution in [0.5, 0.6) is 0 Å². The number of hydrogen-bond acceptors (Lipinski definition) is 1. The second-order valence-corrected chi connectivity index (χ2v) is 20.2. The van der Waals surface area contributed by atoms with Crippen LogP contribution in [-0.2, 0) is 0 Å². The van der Waals surface area contributed by atoms with Gasteiger partial charge < -0.3 is 4.09 Å². The van der Waals surface area contributed by atoms with E-state index in [2.05, 4.69) is 208 Å². The maximum absolute atomic E-state index is 5.76. The number of para-hydroxylation sites is 3. The smallest absolute Gasteiger partial charge is 0.180 e. The van der Waals surface area contributed by atoms with Gasteiger partial charge in [0.05, 0.1) is 5.69 Å². The van der Waals surface area contributed by atoms with Crippen molar-refractivity contribution in [3.63, 3.8) is 0 Å².